The molecule has 15 heteroatoms. The number of hydrogen-bond acceptors (Lipinski definition) is 8. The van der Waals surface area contributed by atoms with Gasteiger partial charge in [-0.2, -0.15) is 5.10 Å². The van der Waals surface area contributed by atoms with Gasteiger partial charge in [0.2, 0.25) is 17.7 Å². The fourth-order valence-electron chi connectivity index (χ4n) is 6.01. The first-order chi connectivity index (χ1) is 25.5. The summed E-state index contributed by atoms with van der Waals surface area (Å²) >= 11 is 0. The number of urea groups is 1. The topological polar surface area (TPSA) is 174 Å². The third-order valence-electron chi connectivity index (χ3n) is 8.91. The number of benzene rings is 2. The minimum absolute atomic E-state index is 0.00418. The van der Waals surface area contributed by atoms with Gasteiger partial charge in [-0.15, -0.1) is 0 Å². The Morgan fingerprint density at radius 3 is 2.30 bits per heavy atom. The first kappa shape index (κ1) is 39.3. The number of alkyl carbamates (subject to hydrolysis) is 1. The minimum Gasteiger partial charge on any atom is -0.444 e. The van der Waals surface area contributed by atoms with Crippen molar-refractivity contribution in [2.45, 2.75) is 92.2 Å². The van der Waals surface area contributed by atoms with Gasteiger partial charge in [0.1, 0.15) is 23.5 Å². The average molecular weight is 743 g/mol. The third-order valence-corrected chi connectivity index (χ3v) is 8.91. The van der Waals surface area contributed by atoms with Gasteiger partial charge in [0.05, 0.1) is 17.9 Å². The lowest BCUT2D eigenvalue weighted by atomic mass is 9.93. The molecule has 54 heavy (non-hydrogen) atoms. The van der Waals surface area contributed by atoms with Crippen LogP contribution in [0.5, 0.6) is 0 Å². The molecule has 4 N–H and O–H groups in total. The number of hydrazone groups is 1. The lowest BCUT2D eigenvalue weighted by molar-refractivity contribution is -0.133. The van der Waals surface area contributed by atoms with Gasteiger partial charge < -0.3 is 30.9 Å². The van der Waals surface area contributed by atoms with Gasteiger partial charge in [-0.3, -0.25) is 19.4 Å². The number of anilines is 2. The Morgan fingerprint density at radius 2 is 1.65 bits per heavy atom. The molecule has 2 aliphatic heterocycles. The molecule has 3 heterocycles. The molecule has 0 saturated carbocycles. The average Bonchev–Trinajstić information content (AvgIpc) is 3.54. The number of ether oxygens (including phenoxy) is 1. The second-order valence-corrected chi connectivity index (χ2v) is 15.0. The molecule has 5 rings (SSSR count). The number of carbonyl (C=O) groups excluding carboxylic acids is 5. The van der Waals surface area contributed by atoms with Gasteiger partial charge in [0.25, 0.3) is 0 Å². The number of fused-ring (bicyclic) bond motifs is 1. The van der Waals surface area contributed by atoms with E-state index in [0.717, 1.165) is 16.7 Å². The zero-order chi connectivity index (χ0) is 39.3. The maximum absolute atomic E-state index is 15.3. The highest BCUT2D eigenvalue weighted by molar-refractivity contribution is 6.06. The van der Waals surface area contributed by atoms with E-state index in [0.29, 0.717) is 30.1 Å². The highest BCUT2D eigenvalue weighted by Gasteiger charge is 2.30. The van der Waals surface area contributed by atoms with Crippen LogP contribution in [0.2, 0.25) is 0 Å². The van der Waals surface area contributed by atoms with Gasteiger partial charge in [0, 0.05) is 43.5 Å². The van der Waals surface area contributed by atoms with Crippen LogP contribution in [-0.4, -0.2) is 68.1 Å². The molecule has 2 aromatic carbocycles. The standard InChI is InChI=1S/C39H47FN8O6/c1-22(2)33(45-38(53)54-39(5,6)7)36(51)42-24(4)35(50)44-31-13-8-25(17-30(31)40)19-48-32(49)16-23(3)34(46-48)26-9-11-29(12-10-26)43-37(52)47-20-27-14-15-41-18-28(27)21-47/h8-15,17-18,22-24,33H,16,19-21H2,1-7H3,(H,42,51)(H,43,52)(H,44,50)(H,45,53)/t23?,24-,33-/m0/s1. The Bertz CT molecular complexity index is 1920. The number of rotatable bonds is 10. The van der Waals surface area contributed by atoms with Crippen LogP contribution in [0.4, 0.5) is 25.4 Å². The molecular weight excluding hydrogens is 695 g/mol. The summed E-state index contributed by atoms with van der Waals surface area (Å²) in [4.78, 5) is 69.9. The summed E-state index contributed by atoms with van der Waals surface area (Å²) in [5, 5.41) is 16.4. The van der Waals surface area contributed by atoms with Crippen molar-refractivity contribution in [3.63, 3.8) is 0 Å². The molecule has 6 amide bonds. The van der Waals surface area contributed by atoms with E-state index in [2.05, 4.69) is 31.4 Å². The zero-order valence-corrected chi connectivity index (χ0v) is 31.5. The molecule has 0 fully saturated rings. The van der Waals surface area contributed by atoms with Crippen LogP contribution in [0.1, 0.15) is 77.1 Å². The van der Waals surface area contributed by atoms with Crippen LogP contribution in [0.25, 0.3) is 0 Å². The Hall–Kier alpha value is -5.86. The summed E-state index contributed by atoms with van der Waals surface area (Å²) in [7, 11) is 0. The Kier molecular flexibility index (Phi) is 12.0. The highest BCUT2D eigenvalue weighted by atomic mass is 19.1. The summed E-state index contributed by atoms with van der Waals surface area (Å²) in [6.45, 7) is 12.9. The number of halogens is 1. The van der Waals surface area contributed by atoms with E-state index in [1.54, 1.807) is 70.1 Å². The monoisotopic (exact) mass is 742 g/mol. The van der Waals surface area contributed by atoms with Crippen LogP contribution in [0.3, 0.4) is 0 Å². The summed E-state index contributed by atoms with van der Waals surface area (Å²) in [5.74, 6) is -2.72. The predicted octanol–water partition coefficient (Wildman–Crippen LogP) is 5.53. The fourth-order valence-corrected chi connectivity index (χ4v) is 6.01. The van der Waals surface area contributed by atoms with Gasteiger partial charge >= 0.3 is 12.1 Å². The largest absolute Gasteiger partial charge is 0.444 e. The molecule has 1 aromatic heterocycles. The number of carbonyl (C=O) groups is 5. The number of nitrogens with zero attached hydrogens (tertiary/aromatic N) is 4. The molecule has 0 radical (unpaired) electrons. The van der Waals surface area contributed by atoms with E-state index < -0.39 is 41.4 Å². The molecule has 0 aliphatic carbocycles. The lowest BCUT2D eigenvalue weighted by Crippen LogP contribution is -2.54. The van der Waals surface area contributed by atoms with Crippen molar-refractivity contribution >= 4 is 46.9 Å². The molecule has 0 saturated heterocycles. The third kappa shape index (κ3) is 9.96. The van der Waals surface area contributed by atoms with Crippen LogP contribution < -0.4 is 21.3 Å². The smallest absolute Gasteiger partial charge is 0.408 e. The molecule has 2 aliphatic rings. The normalized spacial score (nSPS) is 16.6. The summed E-state index contributed by atoms with van der Waals surface area (Å²) in [6, 6.07) is 11.1. The minimum atomic E-state index is -1.06. The fraction of sp³-hybridized carbons (Fsp3) is 0.410. The van der Waals surface area contributed by atoms with E-state index in [9.17, 15) is 24.0 Å². The van der Waals surface area contributed by atoms with Gasteiger partial charge in [-0.05, 0) is 86.2 Å². The zero-order valence-electron chi connectivity index (χ0n) is 31.5. The van der Waals surface area contributed by atoms with Gasteiger partial charge in [-0.1, -0.05) is 39.0 Å². The number of hydrogen-bond donors (Lipinski definition) is 4. The molecule has 14 nitrogen and oxygen atoms in total. The van der Waals surface area contributed by atoms with Crippen LogP contribution in [0.15, 0.2) is 66.0 Å². The van der Waals surface area contributed by atoms with Crippen molar-refractivity contribution in [1.29, 1.82) is 0 Å². The quantitative estimate of drug-likeness (QED) is 0.211. The molecular formula is C39H47FN8O6. The van der Waals surface area contributed by atoms with Crippen molar-refractivity contribution in [2.24, 2.45) is 16.9 Å². The van der Waals surface area contributed by atoms with Crippen LogP contribution >= 0.6 is 0 Å². The molecule has 3 atom stereocenters. The second kappa shape index (κ2) is 16.4. The van der Waals surface area contributed by atoms with Crippen LogP contribution in [0, 0.1) is 17.7 Å². The Morgan fingerprint density at radius 1 is 0.944 bits per heavy atom. The van der Waals surface area contributed by atoms with E-state index in [1.807, 2.05) is 25.1 Å². The summed E-state index contributed by atoms with van der Waals surface area (Å²) < 4.78 is 20.5. The van der Waals surface area contributed by atoms with Crippen molar-refractivity contribution in [1.82, 2.24) is 25.5 Å². The Labute approximate surface area is 313 Å². The predicted molar refractivity (Wildman–Crippen MR) is 200 cm³/mol. The summed E-state index contributed by atoms with van der Waals surface area (Å²) in [5.41, 5.74) is 3.75. The number of nitrogens with one attached hydrogen (secondary N) is 4. The van der Waals surface area contributed by atoms with Crippen molar-refractivity contribution in [3.05, 3.63) is 89.0 Å². The number of amides is 6. The van der Waals surface area contributed by atoms with E-state index >= 15 is 4.39 Å². The van der Waals surface area contributed by atoms with Crippen molar-refractivity contribution in [3.8, 4) is 0 Å². The molecule has 3 aromatic rings. The van der Waals surface area contributed by atoms with E-state index in [4.69, 9.17) is 4.74 Å². The maximum atomic E-state index is 15.3. The highest BCUT2D eigenvalue weighted by Crippen LogP contribution is 2.26. The van der Waals surface area contributed by atoms with Gasteiger partial charge in [0.15, 0.2) is 0 Å². The number of aromatic nitrogens is 1. The first-order valence-electron chi connectivity index (χ1n) is 17.8. The SMILES string of the molecule is CC1CC(=O)N(Cc2ccc(NC(=O)[C@H](C)NC(=O)[C@@H](NC(=O)OC(C)(C)C)C(C)C)c(F)c2)N=C1c1ccc(NC(=O)N2Cc3ccncc3C2)cc1. The van der Waals surface area contributed by atoms with Crippen LogP contribution in [-0.2, 0) is 38.8 Å². The molecule has 286 valence electrons. The molecule has 0 spiro atoms. The second-order valence-electron chi connectivity index (χ2n) is 15.0. The molecule has 0 bridgehead atoms. The Balaban J connectivity index is 1.17. The molecule has 1 unspecified atom stereocenters. The maximum Gasteiger partial charge on any atom is 0.408 e. The summed E-state index contributed by atoms with van der Waals surface area (Å²) in [6.07, 6.45) is 2.92. The van der Waals surface area contributed by atoms with Crippen molar-refractivity contribution in [2.75, 3.05) is 10.6 Å². The first-order valence-corrected chi connectivity index (χ1v) is 17.8. The van der Waals surface area contributed by atoms with Gasteiger partial charge in [-0.25, -0.2) is 19.0 Å². The number of pyridine rings is 1. The van der Waals surface area contributed by atoms with Crippen molar-refractivity contribution < 1.29 is 33.1 Å². The van der Waals surface area contributed by atoms with E-state index in [-0.39, 0.29) is 42.4 Å². The van der Waals surface area contributed by atoms with E-state index in [1.165, 1.54) is 24.1 Å². The lowest BCUT2D eigenvalue weighted by Gasteiger charge is -2.28.